The Labute approximate surface area is 188 Å². The van der Waals surface area contributed by atoms with E-state index in [1.807, 2.05) is 0 Å². The number of anilines is 2. The van der Waals surface area contributed by atoms with Gasteiger partial charge in [0, 0.05) is 37.0 Å². The molecule has 4 rings (SSSR count). The fraction of sp³-hybridized carbons (Fsp3) is 0.391. The van der Waals surface area contributed by atoms with E-state index >= 15 is 0 Å². The number of carbonyl (C=O) groups excluding carboxylic acids is 2. The van der Waals surface area contributed by atoms with E-state index in [2.05, 4.69) is 10.6 Å². The number of rotatable bonds is 5. The second-order valence-corrected chi connectivity index (χ2v) is 10.1. The molecule has 2 aromatic rings. The molecule has 2 heterocycles. The van der Waals surface area contributed by atoms with Gasteiger partial charge in [0.25, 0.3) is 0 Å². The van der Waals surface area contributed by atoms with Crippen LogP contribution in [0.4, 0.5) is 11.4 Å². The minimum Gasteiger partial charge on any atom is -0.497 e. The maximum atomic E-state index is 13.3. The molecule has 2 aromatic carbocycles. The Hall–Kier alpha value is -2.91. The fourth-order valence-electron chi connectivity index (χ4n) is 4.18. The Morgan fingerprint density at radius 3 is 2.81 bits per heavy atom. The molecule has 0 radical (unpaired) electrons. The summed E-state index contributed by atoms with van der Waals surface area (Å²) < 4.78 is 33.2. The van der Waals surface area contributed by atoms with Crippen LogP contribution in [-0.4, -0.2) is 44.7 Å². The average molecular weight is 458 g/mol. The van der Waals surface area contributed by atoms with Crippen LogP contribution in [0.1, 0.15) is 31.2 Å². The maximum absolute atomic E-state index is 13.3. The van der Waals surface area contributed by atoms with Gasteiger partial charge >= 0.3 is 0 Å². The number of piperidine rings is 1. The lowest BCUT2D eigenvalue weighted by Gasteiger charge is -2.31. The van der Waals surface area contributed by atoms with Crippen LogP contribution in [0, 0.1) is 5.92 Å². The summed E-state index contributed by atoms with van der Waals surface area (Å²) in [6.07, 6.45) is 2.98. The summed E-state index contributed by atoms with van der Waals surface area (Å²) in [6.45, 7) is 0.505. The van der Waals surface area contributed by atoms with Crippen molar-refractivity contribution in [1.29, 1.82) is 0 Å². The van der Waals surface area contributed by atoms with Crippen molar-refractivity contribution in [2.75, 3.05) is 30.8 Å². The molecule has 0 aliphatic carbocycles. The number of nitrogens with zero attached hydrogens (tertiary/aromatic N) is 1. The first-order valence-corrected chi connectivity index (χ1v) is 12.2. The highest BCUT2D eigenvalue weighted by Crippen LogP contribution is 2.29. The van der Waals surface area contributed by atoms with Crippen molar-refractivity contribution >= 4 is 33.2 Å². The van der Waals surface area contributed by atoms with Gasteiger partial charge in [-0.1, -0.05) is 6.07 Å². The molecule has 1 saturated heterocycles. The summed E-state index contributed by atoms with van der Waals surface area (Å²) in [5, 5.41) is 5.69. The first-order chi connectivity index (χ1) is 15.4. The average Bonchev–Trinajstić information content (AvgIpc) is 2.99. The van der Waals surface area contributed by atoms with Gasteiger partial charge < -0.3 is 15.4 Å². The fourth-order valence-corrected chi connectivity index (χ4v) is 5.76. The van der Waals surface area contributed by atoms with E-state index < -0.39 is 15.9 Å². The Morgan fingerprint density at radius 2 is 2.00 bits per heavy atom. The Morgan fingerprint density at radius 1 is 1.16 bits per heavy atom. The zero-order valence-electron chi connectivity index (χ0n) is 18.0. The maximum Gasteiger partial charge on any atom is 0.243 e. The number of hydrogen-bond acceptors (Lipinski definition) is 5. The van der Waals surface area contributed by atoms with Gasteiger partial charge in [-0.2, -0.15) is 4.31 Å². The van der Waals surface area contributed by atoms with Gasteiger partial charge in [-0.15, -0.1) is 0 Å². The molecule has 170 valence electrons. The predicted molar refractivity (Wildman–Crippen MR) is 121 cm³/mol. The number of amides is 2. The van der Waals surface area contributed by atoms with Crippen molar-refractivity contribution in [3.05, 3.63) is 48.0 Å². The number of carbonyl (C=O) groups is 2. The molecule has 0 spiro atoms. The third-order valence-electron chi connectivity index (χ3n) is 5.93. The third kappa shape index (κ3) is 4.78. The monoisotopic (exact) mass is 457 g/mol. The molecule has 8 nitrogen and oxygen atoms in total. The van der Waals surface area contributed by atoms with E-state index in [0.29, 0.717) is 55.8 Å². The third-order valence-corrected chi connectivity index (χ3v) is 7.79. The Kier molecular flexibility index (Phi) is 6.48. The minimum absolute atomic E-state index is 0.0553. The van der Waals surface area contributed by atoms with Gasteiger partial charge in [0.15, 0.2) is 0 Å². The molecule has 0 bridgehead atoms. The molecular formula is C23H27N3O5S. The second-order valence-electron chi connectivity index (χ2n) is 8.14. The van der Waals surface area contributed by atoms with Crippen LogP contribution >= 0.6 is 0 Å². The van der Waals surface area contributed by atoms with Crippen molar-refractivity contribution in [1.82, 2.24) is 4.31 Å². The van der Waals surface area contributed by atoms with Crippen LogP contribution in [0.3, 0.4) is 0 Å². The van der Waals surface area contributed by atoms with Crippen molar-refractivity contribution in [2.45, 2.75) is 37.0 Å². The quantitative estimate of drug-likeness (QED) is 0.718. The molecule has 32 heavy (non-hydrogen) atoms. The lowest BCUT2D eigenvalue weighted by Crippen LogP contribution is -2.43. The number of sulfonamides is 1. The number of hydrogen-bond donors (Lipinski definition) is 2. The van der Waals surface area contributed by atoms with Crippen LogP contribution in [0.25, 0.3) is 0 Å². The van der Waals surface area contributed by atoms with E-state index in [1.54, 1.807) is 43.5 Å². The van der Waals surface area contributed by atoms with Crippen LogP contribution in [0.15, 0.2) is 47.4 Å². The molecule has 0 aromatic heterocycles. The lowest BCUT2D eigenvalue weighted by molar-refractivity contribution is -0.121. The molecule has 2 aliphatic rings. The molecule has 2 N–H and O–H groups in total. The molecule has 2 amide bonds. The standard InChI is InChI=1S/C23H27N3O5S/c1-31-19-8-3-7-18(14-19)24-23(28)17-6-4-12-26(15-17)32(29,30)20-10-11-21-16(13-20)5-2-9-22(27)25-21/h3,7-8,10-11,13-14,17H,2,4-6,9,12,15H2,1H3,(H,24,28)(H,25,27). The van der Waals surface area contributed by atoms with Crippen LogP contribution in [0.2, 0.25) is 0 Å². The van der Waals surface area contributed by atoms with E-state index in [1.165, 1.54) is 10.4 Å². The Bertz CT molecular complexity index is 1130. The normalized spacial score (nSPS) is 19.4. The molecule has 1 fully saturated rings. The lowest BCUT2D eigenvalue weighted by atomic mass is 9.98. The van der Waals surface area contributed by atoms with Gasteiger partial charge in [0.05, 0.1) is 17.9 Å². The van der Waals surface area contributed by atoms with Gasteiger partial charge in [-0.05, 0) is 61.6 Å². The number of methoxy groups -OCH3 is 1. The Balaban J connectivity index is 1.49. The SMILES string of the molecule is COc1cccc(NC(=O)C2CCCN(S(=O)(=O)c3ccc4c(c3)CCCC(=O)N4)C2)c1. The first kappa shape index (κ1) is 22.3. The largest absolute Gasteiger partial charge is 0.497 e. The van der Waals surface area contributed by atoms with Crippen LogP contribution in [0.5, 0.6) is 5.75 Å². The van der Waals surface area contributed by atoms with E-state index in [0.717, 1.165) is 5.56 Å². The van der Waals surface area contributed by atoms with Gasteiger partial charge in [-0.25, -0.2) is 8.42 Å². The molecule has 1 unspecified atom stereocenters. The molecule has 9 heteroatoms. The zero-order chi connectivity index (χ0) is 22.7. The van der Waals surface area contributed by atoms with Gasteiger partial charge in [-0.3, -0.25) is 9.59 Å². The zero-order valence-corrected chi connectivity index (χ0v) is 18.8. The van der Waals surface area contributed by atoms with Crippen molar-refractivity contribution in [3.63, 3.8) is 0 Å². The summed E-state index contributed by atoms with van der Waals surface area (Å²) in [4.78, 5) is 24.8. The summed E-state index contributed by atoms with van der Waals surface area (Å²) in [5.41, 5.74) is 2.10. The van der Waals surface area contributed by atoms with Gasteiger partial charge in [0.1, 0.15) is 5.75 Å². The summed E-state index contributed by atoms with van der Waals surface area (Å²) in [7, 11) is -2.19. The van der Waals surface area contributed by atoms with Crippen LogP contribution in [-0.2, 0) is 26.0 Å². The highest BCUT2D eigenvalue weighted by molar-refractivity contribution is 7.89. The van der Waals surface area contributed by atoms with Gasteiger partial charge in [0.2, 0.25) is 21.8 Å². The molecule has 2 aliphatic heterocycles. The number of nitrogens with one attached hydrogen (secondary N) is 2. The highest BCUT2D eigenvalue weighted by Gasteiger charge is 2.34. The predicted octanol–water partition coefficient (Wildman–Crippen LogP) is 3.01. The molecule has 1 atom stereocenters. The van der Waals surface area contributed by atoms with E-state index in [4.69, 9.17) is 4.74 Å². The number of fused-ring (bicyclic) bond motifs is 1. The van der Waals surface area contributed by atoms with E-state index in [-0.39, 0.29) is 23.3 Å². The summed E-state index contributed by atoms with van der Waals surface area (Å²) in [5.74, 6) is -0.0667. The van der Waals surface area contributed by atoms with Crippen molar-refractivity contribution in [3.8, 4) is 5.75 Å². The van der Waals surface area contributed by atoms with Crippen LogP contribution < -0.4 is 15.4 Å². The second kappa shape index (κ2) is 9.30. The molecule has 0 saturated carbocycles. The highest BCUT2D eigenvalue weighted by atomic mass is 32.2. The summed E-state index contributed by atoms with van der Waals surface area (Å²) in [6, 6.07) is 11.9. The first-order valence-electron chi connectivity index (χ1n) is 10.7. The topological polar surface area (TPSA) is 105 Å². The number of benzene rings is 2. The smallest absolute Gasteiger partial charge is 0.243 e. The molecular weight excluding hydrogens is 430 g/mol. The number of aryl methyl sites for hydroxylation is 1. The van der Waals surface area contributed by atoms with Crippen molar-refractivity contribution in [2.24, 2.45) is 5.92 Å². The summed E-state index contributed by atoms with van der Waals surface area (Å²) >= 11 is 0. The number of ether oxygens (including phenoxy) is 1. The van der Waals surface area contributed by atoms with Crippen molar-refractivity contribution < 1.29 is 22.7 Å². The minimum atomic E-state index is -3.75. The van der Waals surface area contributed by atoms with E-state index in [9.17, 15) is 18.0 Å².